The van der Waals surface area contributed by atoms with Crippen LogP contribution in [0.25, 0.3) is 0 Å². The molecule has 1 aliphatic rings. The quantitative estimate of drug-likeness (QED) is 0.878. The first-order valence-corrected chi connectivity index (χ1v) is 8.80. The number of anilines is 1. The first-order chi connectivity index (χ1) is 11.7. The molecule has 0 unspecified atom stereocenters. The number of carbonyl (C=O) groups excluding carboxylic acids is 2. The van der Waals surface area contributed by atoms with Gasteiger partial charge in [-0.15, -0.1) is 0 Å². The number of ether oxygens (including phenoxy) is 1. The number of nitrogens with zero attached hydrogens (tertiary/aromatic N) is 1. The molecule has 6 heteroatoms. The summed E-state index contributed by atoms with van der Waals surface area (Å²) >= 11 is 0. The molecule has 1 saturated heterocycles. The van der Waals surface area contributed by atoms with E-state index in [-0.39, 0.29) is 18.0 Å². The van der Waals surface area contributed by atoms with Crippen LogP contribution in [0.5, 0.6) is 0 Å². The third-order valence-electron chi connectivity index (χ3n) is 3.99. The van der Waals surface area contributed by atoms with Crippen LogP contribution in [0.3, 0.4) is 0 Å². The molecule has 138 valence electrons. The number of alkyl carbamates (subject to hydrolysis) is 1. The molecule has 0 aromatic heterocycles. The van der Waals surface area contributed by atoms with Gasteiger partial charge in [-0.25, -0.2) is 4.79 Å². The molecule has 1 aliphatic heterocycles. The Balaban J connectivity index is 1.75. The van der Waals surface area contributed by atoms with Crippen molar-refractivity contribution in [2.24, 2.45) is 0 Å². The molecular formula is C19H29N3O3. The van der Waals surface area contributed by atoms with Gasteiger partial charge in [0, 0.05) is 38.3 Å². The maximum atomic E-state index is 11.8. The maximum Gasteiger partial charge on any atom is 0.407 e. The zero-order valence-electron chi connectivity index (χ0n) is 15.6. The number of piperidine rings is 1. The van der Waals surface area contributed by atoms with E-state index in [2.05, 4.69) is 15.5 Å². The van der Waals surface area contributed by atoms with Gasteiger partial charge in [-0.2, -0.15) is 0 Å². The van der Waals surface area contributed by atoms with Gasteiger partial charge in [0.05, 0.1) is 0 Å². The van der Waals surface area contributed by atoms with E-state index in [4.69, 9.17) is 4.74 Å². The highest BCUT2D eigenvalue weighted by molar-refractivity contribution is 5.88. The van der Waals surface area contributed by atoms with Crippen LogP contribution in [0.2, 0.25) is 0 Å². The Morgan fingerprint density at radius 3 is 2.28 bits per heavy atom. The molecule has 1 fully saturated rings. The van der Waals surface area contributed by atoms with Crippen LogP contribution < -0.4 is 10.6 Å². The van der Waals surface area contributed by atoms with Crippen LogP contribution in [0, 0.1) is 0 Å². The van der Waals surface area contributed by atoms with Crippen molar-refractivity contribution < 1.29 is 14.3 Å². The van der Waals surface area contributed by atoms with E-state index in [1.807, 2.05) is 45.0 Å². The highest BCUT2D eigenvalue weighted by Gasteiger charge is 2.23. The fourth-order valence-electron chi connectivity index (χ4n) is 2.86. The SMILES string of the molecule is CC(=O)Nc1ccc(CN2CCC(NC(=O)OC(C)(C)C)CC2)cc1. The summed E-state index contributed by atoms with van der Waals surface area (Å²) in [6.45, 7) is 9.86. The average molecular weight is 347 g/mol. The average Bonchev–Trinajstić information content (AvgIpc) is 2.49. The zero-order valence-corrected chi connectivity index (χ0v) is 15.6. The third kappa shape index (κ3) is 7.13. The molecule has 1 heterocycles. The molecule has 1 aromatic rings. The summed E-state index contributed by atoms with van der Waals surface area (Å²) in [4.78, 5) is 25.2. The number of nitrogens with one attached hydrogen (secondary N) is 2. The Kier molecular flexibility index (Phi) is 6.42. The fraction of sp³-hybridized carbons (Fsp3) is 0.579. The Bertz CT molecular complexity index is 585. The molecular weight excluding hydrogens is 318 g/mol. The second kappa shape index (κ2) is 8.34. The summed E-state index contributed by atoms with van der Waals surface area (Å²) in [5.41, 5.74) is 1.57. The molecule has 0 spiro atoms. The summed E-state index contributed by atoms with van der Waals surface area (Å²) in [5.74, 6) is -0.0627. The van der Waals surface area contributed by atoms with Crippen LogP contribution in [0.1, 0.15) is 46.1 Å². The minimum atomic E-state index is -0.464. The van der Waals surface area contributed by atoms with Gasteiger partial charge >= 0.3 is 6.09 Å². The third-order valence-corrected chi connectivity index (χ3v) is 3.99. The van der Waals surface area contributed by atoms with Gasteiger partial charge in [-0.1, -0.05) is 12.1 Å². The predicted octanol–water partition coefficient (Wildman–Crippen LogP) is 3.13. The molecule has 0 radical (unpaired) electrons. The van der Waals surface area contributed by atoms with Crippen molar-refractivity contribution in [3.05, 3.63) is 29.8 Å². The molecule has 1 aromatic carbocycles. The molecule has 0 aliphatic carbocycles. The standard InChI is InChI=1S/C19H29N3O3/c1-14(23)20-16-7-5-15(6-8-16)13-22-11-9-17(10-12-22)21-18(24)25-19(2,3)4/h5-8,17H,9-13H2,1-4H3,(H,20,23)(H,21,24). The van der Waals surface area contributed by atoms with Gasteiger partial charge in [0.2, 0.25) is 5.91 Å². The van der Waals surface area contributed by atoms with Crippen LogP contribution in [0.4, 0.5) is 10.5 Å². The summed E-state index contributed by atoms with van der Waals surface area (Å²) in [7, 11) is 0. The summed E-state index contributed by atoms with van der Waals surface area (Å²) < 4.78 is 5.31. The van der Waals surface area contributed by atoms with E-state index in [1.54, 1.807) is 0 Å². The summed E-state index contributed by atoms with van der Waals surface area (Å²) in [6, 6.07) is 8.10. The number of benzene rings is 1. The fourth-order valence-corrected chi connectivity index (χ4v) is 2.86. The molecule has 0 bridgehead atoms. The maximum absolute atomic E-state index is 11.8. The number of hydrogen-bond donors (Lipinski definition) is 2. The van der Waals surface area contributed by atoms with Crippen molar-refractivity contribution in [1.82, 2.24) is 10.2 Å². The van der Waals surface area contributed by atoms with Crippen LogP contribution in [-0.4, -0.2) is 41.6 Å². The van der Waals surface area contributed by atoms with Gasteiger partial charge in [-0.3, -0.25) is 9.69 Å². The lowest BCUT2D eigenvalue weighted by molar-refractivity contribution is -0.114. The van der Waals surface area contributed by atoms with Gasteiger partial charge < -0.3 is 15.4 Å². The lowest BCUT2D eigenvalue weighted by Gasteiger charge is -2.32. The summed E-state index contributed by atoms with van der Waals surface area (Å²) in [5, 5.41) is 5.73. The Labute approximate surface area is 149 Å². The van der Waals surface area contributed by atoms with Crippen molar-refractivity contribution >= 4 is 17.7 Å². The molecule has 2 N–H and O–H groups in total. The molecule has 6 nitrogen and oxygen atoms in total. The molecule has 2 rings (SSSR count). The highest BCUT2D eigenvalue weighted by atomic mass is 16.6. The number of rotatable bonds is 4. The number of likely N-dealkylation sites (tertiary alicyclic amines) is 1. The predicted molar refractivity (Wildman–Crippen MR) is 98.4 cm³/mol. The van der Waals surface area contributed by atoms with Crippen LogP contribution >= 0.6 is 0 Å². The second-order valence-electron chi connectivity index (χ2n) is 7.57. The van der Waals surface area contributed by atoms with Crippen molar-refractivity contribution in [2.75, 3.05) is 18.4 Å². The Hall–Kier alpha value is -2.08. The van der Waals surface area contributed by atoms with Gasteiger partial charge in [-0.05, 0) is 51.3 Å². The van der Waals surface area contributed by atoms with Crippen molar-refractivity contribution in [3.63, 3.8) is 0 Å². The molecule has 0 atom stereocenters. The van der Waals surface area contributed by atoms with E-state index in [9.17, 15) is 9.59 Å². The zero-order chi connectivity index (χ0) is 18.4. The lowest BCUT2D eigenvalue weighted by atomic mass is 10.0. The van der Waals surface area contributed by atoms with Crippen molar-refractivity contribution in [3.8, 4) is 0 Å². The Morgan fingerprint density at radius 2 is 1.76 bits per heavy atom. The molecule has 25 heavy (non-hydrogen) atoms. The molecule has 0 saturated carbocycles. The van der Waals surface area contributed by atoms with E-state index < -0.39 is 5.60 Å². The lowest BCUT2D eigenvalue weighted by Crippen LogP contribution is -2.45. The van der Waals surface area contributed by atoms with E-state index >= 15 is 0 Å². The largest absolute Gasteiger partial charge is 0.444 e. The normalized spacial score (nSPS) is 16.3. The minimum Gasteiger partial charge on any atom is -0.444 e. The number of hydrogen-bond acceptors (Lipinski definition) is 4. The van der Waals surface area contributed by atoms with E-state index in [0.717, 1.165) is 38.2 Å². The number of carbonyl (C=O) groups is 2. The first kappa shape index (κ1) is 19.2. The highest BCUT2D eigenvalue weighted by Crippen LogP contribution is 2.16. The van der Waals surface area contributed by atoms with Gasteiger partial charge in [0.25, 0.3) is 0 Å². The monoisotopic (exact) mass is 347 g/mol. The summed E-state index contributed by atoms with van der Waals surface area (Å²) in [6.07, 6.45) is 1.51. The van der Waals surface area contributed by atoms with Gasteiger partial charge in [0.15, 0.2) is 0 Å². The number of amides is 2. The van der Waals surface area contributed by atoms with Gasteiger partial charge in [0.1, 0.15) is 5.60 Å². The van der Waals surface area contributed by atoms with E-state index in [0.29, 0.717) is 0 Å². The van der Waals surface area contributed by atoms with Crippen LogP contribution in [-0.2, 0) is 16.1 Å². The first-order valence-electron chi connectivity index (χ1n) is 8.80. The minimum absolute atomic E-state index is 0.0627. The van der Waals surface area contributed by atoms with Crippen molar-refractivity contribution in [1.29, 1.82) is 0 Å². The van der Waals surface area contributed by atoms with Crippen molar-refractivity contribution in [2.45, 2.75) is 58.7 Å². The molecule has 2 amide bonds. The van der Waals surface area contributed by atoms with E-state index in [1.165, 1.54) is 12.5 Å². The van der Waals surface area contributed by atoms with Crippen LogP contribution in [0.15, 0.2) is 24.3 Å². The second-order valence-corrected chi connectivity index (χ2v) is 7.57. The smallest absolute Gasteiger partial charge is 0.407 e. The Morgan fingerprint density at radius 1 is 1.16 bits per heavy atom. The topological polar surface area (TPSA) is 70.7 Å².